The van der Waals surface area contributed by atoms with E-state index in [1.165, 1.54) is 0 Å². The number of halogens is 1. The van der Waals surface area contributed by atoms with E-state index in [1.807, 2.05) is 6.92 Å². The van der Waals surface area contributed by atoms with Crippen LogP contribution in [0.1, 0.15) is 38.3 Å². The van der Waals surface area contributed by atoms with Crippen LogP contribution in [0.4, 0.5) is 5.82 Å². The second-order valence-electron chi connectivity index (χ2n) is 4.60. The van der Waals surface area contributed by atoms with E-state index in [0.717, 1.165) is 49.3 Å². The van der Waals surface area contributed by atoms with Crippen molar-refractivity contribution in [1.29, 1.82) is 0 Å². The van der Waals surface area contributed by atoms with Crippen LogP contribution in [0.25, 0.3) is 0 Å². The van der Waals surface area contributed by atoms with Gasteiger partial charge in [0.05, 0.1) is 11.4 Å². The lowest BCUT2D eigenvalue weighted by Crippen LogP contribution is -2.27. The van der Waals surface area contributed by atoms with Gasteiger partial charge in [0.25, 0.3) is 0 Å². The smallest absolute Gasteiger partial charge is 0.148 e. The van der Waals surface area contributed by atoms with E-state index in [4.69, 9.17) is 16.4 Å². The molecule has 0 spiro atoms. The molecule has 1 aliphatic rings. The second-order valence-corrected chi connectivity index (χ2v) is 4.97. The molecule has 0 aliphatic heterocycles. The average molecular weight is 283 g/mol. The van der Waals surface area contributed by atoms with Crippen LogP contribution < -0.4 is 5.32 Å². The number of anilines is 1. The van der Waals surface area contributed by atoms with Crippen LogP contribution in [-0.4, -0.2) is 28.8 Å². The molecule has 0 unspecified atom stereocenters. The van der Waals surface area contributed by atoms with Gasteiger partial charge in [-0.3, -0.25) is 0 Å². The lowest BCUT2D eigenvalue weighted by Gasteiger charge is -2.24. The van der Waals surface area contributed by atoms with Crippen LogP contribution in [0.2, 0.25) is 5.02 Å². The van der Waals surface area contributed by atoms with Crippen LogP contribution in [0.3, 0.4) is 0 Å². The van der Waals surface area contributed by atoms with Crippen molar-refractivity contribution in [2.45, 2.75) is 45.1 Å². The molecule has 1 heterocycles. The molecule has 1 N–H and O–H groups in total. The molecule has 2 rings (SSSR count). The molecule has 1 fully saturated rings. The van der Waals surface area contributed by atoms with Gasteiger partial charge in [-0.25, -0.2) is 9.97 Å². The fourth-order valence-electron chi connectivity index (χ4n) is 2.26. The number of rotatable bonds is 4. The maximum absolute atomic E-state index is 6.28. The molecular weight excluding hydrogens is 264 g/mol. The molecular formula is C13H19ClN4O. The van der Waals surface area contributed by atoms with Crippen LogP contribution in [0, 0.1) is 0 Å². The van der Waals surface area contributed by atoms with Crippen molar-refractivity contribution >= 4 is 23.1 Å². The Bertz CT molecular complexity index is 454. The van der Waals surface area contributed by atoms with Crippen LogP contribution in [0.15, 0.2) is 11.5 Å². The lowest BCUT2D eigenvalue weighted by molar-refractivity contribution is 0.210. The third-order valence-corrected chi connectivity index (χ3v) is 3.72. The normalized spacial score (nSPS) is 19.1. The van der Waals surface area contributed by atoms with E-state index in [-0.39, 0.29) is 0 Å². The number of hydrogen-bond acceptors (Lipinski definition) is 5. The zero-order valence-electron chi connectivity index (χ0n) is 11.3. The predicted octanol–water partition coefficient (Wildman–Crippen LogP) is 3.05. The van der Waals surface area contributed by atoms with E-state index >= 15 is 0 Å². The molecule has 19 heavy (non-hydrogen) atoms. The zero-order chi connectivity index (χ0) is 13.7. The number of nitrogens with zero attached hydrogens (tertiary/aromatic N) is 3. The molecule has 0 saturated heterocycles. The van der Waals surface area contributed by atoms with E-state index in [2.05, 4.69) is 20.4 Å². The SMILES string of the molecule is CCc1ncnc(NC2CCC(=NOC)CC2)c1Cl. The molecule has 104 valence electrons. The first kappa shape index (κ1) is 14.1. The van der Waals surface area contributed by atoms with Gasteiger partial charge < -0.3 is 10.2 Å². The Balaban J connectivity index is 1.98. The van der Waals surface area contributed by atoms with Crippen molar-refractivity contribution in [3.63, 3.8) is 0 Å². The summed E-state index contributed by atoms with van der Waals surface area (Å²) >= 11 is 6.28. The predicted molar refractivity (Wildman–Crippen MR) is 76.7 cm³/mol. The fourth-order valence-corrected chi connectivity index (χ4v) is 2.55. The first-order chi connectivity index (χ1) is 9.24. The van der Waals surface area contributed by atoms with E-state index in [9.17, 15) is 0 Å². The Kier molecular flexibility index (Phi) is 4.96. The van der Waals surface area contributed by atoms with Gasteiger partial charge in [0.1, 0.15) is 24.3 Å². The quantitative estimate of drug-likeness (QED) is 0.862. The van der Waals surface area contributed by atoms with E-state index < -0.39 is 0 Å². The molecule has 6 heteroatoms. The summed E-state index contributed by atoms with van der Waals surface area (Å²) in [7, 11) is 1.59. The summed E-state index contributed by atoms with van der Waals surface area (Å²) in [4.78, 5) is 13.2. The Hall–Kier alpha value is -1.36. The number of nitrogens with one attached hydrogen (secondary N) is 1. The standard InChI is InChI=1S/C13H19ClN4O/c1-3-11-12(14)13(16-8-15-11)17-9-4-6-10(7-5-9)18-19-2/h8-9H,3-7H2,1-2H3,(H,15,16,17). The van der Waals surface area contributed by atoms with Gasteiger partial charge in [-0.1, -0.05) is 23.7 Å². The highest BCUT2D eigenvalue weighted by atomic mass is 35.5. The Morgan fingerprint density at radius 1 is 1.42 bits per heavy atom. The first-order valence-corrected chi connectivity index (χ1v) is 6.97. The number of aryl methyl sites for hydroxylation is 1. The summed E-state index contributed by atoms with van der Waals surface area (Å²) in [6, 6.07) is 0.382. The Labute approximate surface area is 118 Å². The Morgan fingerprint density at radius 3 is 2.79 bits per heavy atom. The number of oxime groups is 1. The molecule has 1 aliphatic carbocycles. The minimum Gasteiger partial charge on any atom is -0.399 e. The summed E-state index contributed by atoms with van der Waals surface area (Å²) in [5.41, 5.74) is 2.01. The van der Waals surface area contributed by atoms with Crippen molar-refractivity contribution in [1.82, 2.24) is 9.97 Å². The minimum atomic E-state index is 0.382. The highest BCUT2D eigenvalue weighted by Crippen LogP contribution is 2.26. The van der Waals surface area contributed by atoms with Gasteiger partial charge in [0.15, 0.2) is 0 Å². The maximum Gasteiger partial charge on any atom is 0.148 e. The maximum atomic E-state index is 6.28. The van der Waals surface area contributed by atoms with Crippen LogP contribution in [0.5, 0.6) is 0 Å². The van der Waals surface area contributed by atoms with Gasteiger partial charge in [-0.15, -0.1) is 0 Å². The molecule has 1 aromatic heterocycles. The monoisotopic (exact) mass is 282 g/mol. The lowest BCUT2D eigenvalue weighted by atomic mass is 9.94. The minimum absolute atomic E-state index is 0.382. The van der Waals surface area contributed by atoms with Crippen LogP contribution >= 0.6 is 11.6 Å². The summed E-state index contributed by atoms with van der Waals surface area (Å²) in [5.74, 6) is 0.741. The Morgan fingerprint density at radius 2 is 2.16 bits per heavy atom. The van der Waals surface area contributed by atoms with Gasteiger partial charge in [-0.05, 0) is 32.1 Å². The third kappa shape index (κ3) is 3.56. The molecule has 1 aromatic rings. The molecule has 1 saturated carbocycles. The summed E-state index contributed by atoms with van der Waals surface area (Å²) < 4.78 is 0. The van der Waals surface area contributed by atoms with Gasteiger partial charge in [0, 0.05) is 6.04 Å². The fraction of sp³-hybridized carbons (Fsp3) is 0.615. The van der Waals surface area contributed by atoms with Crippen molar-refractivity contribution in [2.24, 2.45) is 5.16 Å². The highest BCUT2D eigenvalue weighted by molar-refractivity contribution is 6.33. The third-order valence-electron chi connectivity index (χ3n) is 3.32. The van der Waals surface area contributed by atoms with Crippen molar-refractivity contribution < 1.29 is 4.84 Å². The molecule has 0 bridgehead atoms. The van der Waals surface area contributed by atoms with Crippen molar-refractivity contribution in [3.8, 4) is 0 Å². The largest absolute Gasteiger partial charge is 0.399 e. The van der Waals surface area contributed by atoms with Gasteiger partial charge >= 0.3 is 0 Å². The van der Waals surface area contributed by atoms with Gasteiger partial charge in [0.2, 0.25) is 0 Å². The van der Waals surface area contributed by atoms with Gasteiger partial charge in [-0.2, -0.15) is 0 Å². The van der Waals surface area contributed by atoms with Crippen molar-refractivity contribution in [3.05, 3.63) is 17.0 Å². The molecule has 0 amide bonds. The zero-order valence-corrected chi connectivity index (χ0v) is 12.1. The summed E-state index contributed by atoms with van der Waals surface area (Å²) in [6.07, 6.45) is 6.32. The number of hydrogen-bond donors (Lipinski definition) is 1. The first-order valence-electron chi connectivity index (χ1n) is 6.59. The topological polar surface area (TPSA) is 59.4 Å². The van der Waals surface area contributed by atoms with Crippen LogP contribution in [-0.2, 0) is 11.3 Å². The molecule has 0 aromatic carbocycles. The molecule has 0 atom stereocenters. The van der Waals surface area contributed by atoms with E-state index in [1.54, 1.807) is 13.4 Å². The molecule has 5 nitrogen and oxygen atoms in total. The van der Waals surface area contributed by atoms with E-state index in [0.29, 0.717) is 11.1 Å². The molecule has 0 radical (unpaired) electrons. The number of aromatic nitrogens is 2. The summed E-state index contributed by atoms with van der Waals surface area (Å²) in [5, 5.41) is 8.06. The highest BCUT2D eigenvalue weighted by Gasteiger charge is 2.19. The average Bonchev–Trinajstić information content (AvgIpc) is 2.43. The second kappa shape index (κ2) is 6.70. The summed E-state index contributed by atoms with van der Waals surface area (Å²) in [6.45, 7) is 2.03. The van der Waals surface area contributed by atoms with Crippen molar-refractivity contribution in [2.75, 3.05) is 12.4 Å².